The Bertz CT molecular complexity index is 475. The van der Waals surface area contributed by atoms with Gasteiger partial charge >= 0.3 is 12.0 Å². The minimum absolute atomic E-state index is 0.0627. The molecular formula is C10H19N3O6S. The predicted molar refractivity (Wildman–Crippen MR) is 70.7 cm³/mol. The first-order valence-electron chi connectivity index (χ1n) is 5.73. The molecule has 0 heterocycles. The lowest BCUT2D eigenvalue weighted by molar-refractivity contribution is -0.139. The Kier molecular flexibility index (Phi) is 6.97. The van der Waals surface area contributed by atoms with Crippen molar-refractivity contribution in [3.05, 3.63) is 0 Å². The van der Waals surface area contributed by atoms with Crippen molar-refractivity contribution in [2.24, 2.45) is 5.73 Å². The second-order valence-electron chi connectivity index (χ2n) is 4.40. The molecule has 0 saturated heterocycles. The van der Waals surface area contributed by atoms with E-state index in [1.165, 1.54) is 7.05 Å². The fourth-order valence-electron chi connectivity index (χ4n) is 1.21. The van der Waals surface area contributed by atoms with Crippen LogP contribution in [-0.2, 0) is 19.4 Å². The minimum atomic E-state index is -3.22. The van der Waals surface area contributed by atoms with Gasteiger partial charge in [-0.05, 0) is 6.42 Å². The van der Waals surface area contributed by atoms with Crippen molar-refractivity contribution in [2.45, 2.75) is 18.9 Å². The SMILES string of the molecule is CN(CCS(C)(=O)=O)C(=O)N[C@@H](CCC(N)=O)C(=O)O. The highest BCUT2D eigenvalue weighted by atomic mass is 32.2. The highest BCUT2D eigenvalue weighted by Crippen LogP contribution is 1.99. The number of primary amides is 1. The summed E-state index contributed by atoms with van der Waals surface area (Å²) >= 11 is 0. The molecule has 0 aromatic carbocycles. The summed E-state index contributed by atoms with van der Waals surface area (Å²) in [4.78, 5) is 34.2. The molecule has 4 N–H and O–H groups in total. The van der Waals surface area contributed by atoms with Crippen LogP contribution < -0.4 is 11.1 Å². The van der Waals surface area contributed by atoms with E-state index in [2.05, 4.69) is 5.32 Å². The molecule has 0 aliphatic rings. The van der Waals surface area contributed by atoms with Crippen LogP contribution in [0, 0.1) is 0 Å². The van der Waals surface area contributed by atoms with Crippen LogP contribution in [0.4, 0.5) is 4.79 Å². The summed E-state index contributed by atoms with van der Waals surface area (Å²) in [6.07, 6.45) is 0.728. The molecule has 0 aliphatic heterocycles. The van der Waals surface area contributed by atoms with E-state index in [9.17, 15) is 22.8 Å². The maximum Gasteiger partial charge on any atom is 0.326 e. The molecule has 0 saturated carbocycles. The van der Waals surface area contributed by atoms with Gasteiger partial charge < -0.3 is 21.1 Å². The summed E-state index contributed by atoms with van der Waals surface area (Å²) in [6, 6.07) is -1.98. The Labute approximate surface area is 117 Å². The summed E-state index contributed by atoms with van der Waals surface area (Å²) in [5.41, 5.74) is 4.91. The number of aliphatic carboxylic acids is 1. The van der Waals surface area contributed by atoms with E-state index < -0.39 is 33.8 Å². The normalized spacial score (nSPS) is 12.5. The van der Waals surface area contributed by atoms with Crippen LogP contribution in [0.25, 0.3) is 0 Å². The number of hydrogen-bond donors (Lipinski definition) is 3. The number of carboxylic acids is 1. The minimum Gasteiger partial charge on any atom is -0.480 e. The maximum absolute atomic E-state index is 11.7. The number of nitrogens with one attached hydrogen (secondary N) is 1. The van der Waals surface area contributed by atoms with Crippen LogP contribution in [-0.4, -0.2) is 68.0 Å². The summed E-state index contributed by atoms with van der Waals surface area (Å²) in [7, 11) is -1.88. The average molecular weight is 309 g/mol. The maximum atomic E-state index is 11.7. The van der Waals surface area contributed by atoms with Crippen LogP contribution >= 0.6 is 0 Å². The Morgan fingerprint density at radius 2 is 1.90 bits per heavy atom. The number of rotatable bonds is 8. The average Bonchev–Trinajstić information content (AvgIpc) is 2.29. The number of nitrogens with two attached hydrogens (primary N) is 1. The molecule has 0 spiro atoms. The number of carbonyl (C=O) groups excluding carboxylic acids is 2. The van der Waals surface area contributed by atoms with Gasteiger partial charge in [-0.1, -0.05) is 0 Å². The van der Waals surface area contributed by atoms with Crippen molar-refractivity contribution in [2.75, 3.05) is 25.6 Å². The molecule has 0 bridgehead atoms. The Hall–Kier alpha value is -1.84. The van der Waals surface area contributed by atoms with Crippen LogP contribution in [0.2, 0.25) is 0 Å². The molecule has 0 fully saturated rings. The van der Waals surface area contributed by atoms with Crippen molar-refractivity contribution in [3.63, 3.8) is 0 Å². The van der Waals surface area contributed by atoms with Gasteiger partial charge in [0.05, 0.1) is 5.75 Å². The highest BCUT2D eigenvalue weighted by molar-refractivity contribution is 7.90. The number of carboxylic acid groups (broad SMARTS) is 1. The van der Waals surface area contributed by atoms with Gasteiger partial charge in [-0.3, -0.25) is 4.79 Å². The number of amides is 3. The van der Waals surface area contributed by atoms with Crippen LogP contribution in [0.1, 0.15) is 12.8 Å². The lowest BCUT2D eigenvalue weighted by Crippen LogP contribution is -2.47. The molecule has 0 aromatic heterocycles. The third-order valence-electron chi connectivity index (χ3n) is 2.42. The zero-order valence-corrected chi connectivity index (χ0v) is 12.1. The molecule has 1 atom stereocenters. The largest absolute Gasteiger partial charge is 0.480 e. The quantitative estimate of drug-likeness (QED) is 0.491. The molecule has 116 valence electrons. The second kappa shape index (κ2) is 7.68. The topological polar surface area (TPSA) is 147 Å². The Morgan fingerprint density at radius 3 is 2.30 bits per heavy atom. The van der Waals surface area contributed by atoms with E-state index in [1.807, 2.05) is 0 Å². The molecule has 20 heavy (non-hydrogen) atoms. The molecular weight excluding hydrogens is 290 g/mol. The molecule has 9 nitrogen and oxygen atoms in total. The molecule has 0 aliphatic carbocycles. The second-order valence-corrected chi connectivity index (χ2v) is 6.66. The lowest BCUT2D eigenvalue weighted by atomic mass is 10.1. The van der Waals surface area contributed by atoms with Crippen molar-refractivity contribution in [1.82, 2.24) is 10.2 Å². The fraction of sp³-hybridized carbons (Fsp3) is 0.700. The summed E-state index contributed by atoms with van der Waals surface area (Å²) in [5.74, 6) is -2.19. The molecule has 10 heteroatoms. The first-order valence-corrected chi connectivity index (χ1v) is 7.79. The number of carbonyl (C=O) groups is 3. The first-order chi connectivity index (χ1) is 9.03. The van der Waals surface area contributed by atoms with Gasteiger partial charge in [-0.15, -0.1) is 0 Å². The van der Waals surface area contributed by atoms with Gasteiger partial charge in [-0.2, -0.15) is 0 Å². The standard InChI is InChI=1S/C10H19N3O6S/c1-13(5-6-20(2,18)19)10(17)12-7(9(15)16)3-4-8(11)14/h7H,3-6H2,1-2H3,(H2,11,14)(H,12,17)(H,15,16)/t7-/m0/s1. The molecule has 0 rings (SSSR count). The van der Waals surface area contributed by atoms with E-state index in [1.54, 1.807) is 0 Å². The molecule has 0 unspecified atom stereocenters. The van der Waals surface area contributed by atoms with Crippen molar-refractivity contribution in [3.8, 4) is 0 Å². The number of nitrogens with zero attached hydrogens (tertiary/aromatic N) is 1. The third-order valence-corrected chi connectivity index (χ3v) is 3.34. The van der Waals surface area contributed by atoms with Crippen LogP contribution in [0.5, 0.6) is 0 Å². The number of urea groups is 1. The highest BCUT2D eigenvalue weighted by Gasteiger charge is 2.22. The zero-order valence-electron chi connectivity index (χ0n) is 11.3. The van der Waals surface area contributed by atoms with E-state index in [4.69, 9.17) is 10.8 Å². The lowest BCUT2D eigenvalue weighted by Gasteiger charge is -2.20. The number of sulfone groups is 1. The first kappa shape index (κ1) is 18.2. The monoisotopic (exact) mass is 309 g/mol. The van der Waals surface area contributed by atoms with Crippen molar-refractivity contribution >= 4 is 27.7 Å². The fourth-order valence-corrected chi connectivity index (χ4v) is 1.81. The van der Waals surface area contributed by atoms with Gasteiger partial charge in [-0.25, -0.2) is 18.0 Å². The van der Waals surface area contributed by atoms with Crippen molar-refractivity contribution in [1.29, 1.82) is 0 Å². The van der Waals surface area contributed by atoms with E-state index in [0.717, 1.165) is 11.2 Å². The molecule has 0 aromatic rings. The van der Waals surface area contributed by atoms with Gasteiger partial charge in [0.15, 0.2) is 0 Å². The van der Waals surface area contributed by atoms with Crippen molar-refractivity contribution < 1.29 is 27.9 Å². The third kappa shape index (κ3) is 8.29. The smallest absolute Gasteiger partial charge is 0.326 e. The van der Waals surface area contributed by atoms with Gasteiger partial charge in [0.1, 0.15) is 15.9 Å². The zero-order chi connectivity index (χ0) is 15.9. The summed E-state index contributed by atoms with van der Waals surface area (Å²) in [6.45, 7) is -0.0627. The summed E-state index contributed by atoms with van der Waals surface area (Å²) in [5, 5.41) is 11.1. The molecule has 0 radical (unpaired) electrons. The van der Waals surface area contributed by atoms with Crippen LogP contribution in [0.3, 0.4) is 0 Å². The van der Waals surface area contributed by atoms with E-state index in [0.29, 0.717) is 0 Å². The Balaban J connectivity index is 4.44. The van der Waals surface area contributed by atoms with Crippen LogP contribution in [0.15, 0.2) is 0 Å². The van der Waals surface area contributed by atoms with E-state index >= 15 is 0 Å². The van der Waals surface area contributed by atoms with Gasteiger partial charge in [0, 0.05) is 26.3 Å². The predicted octanol–water partition coefficient (Wildman–Crippen LogP) is -1.61. The molecule has 3 amide bonds. The Morgan fingerprint density at radius 1 is 1.35 bits per heavy atom. The number of hydrogen-bond acceptors (Lipinski definition) is 5. The van der Waals surface area contributed by atoms with Gasteiger partial charge in [0.25, 0.3) is 0 Å². The summed E-state index contributed by atoms with van der Waals surface area (Å²) < 4.78 is 21.9. The van der Waals surface area contributed by atoms with E-state index in [-0.39, 0.29) is 25.1 Å². The van der Waals surface area contributed by atoms with Gasteiger partial charge in [0.2, 0.25) is 5.91 Å².